The van der Waals surface area contributed by atoms with Crippen molar-refractivity contribution in [2.24, 2.45) is 0 Å². The molecule has 0 fully saturated rings. The van der Waals surface area contributed by atoms with Gasteiger partial charge < -0.3 is 15.2 Å². The van der Waals surface area contributed by atoms with E-state index < -0.39 is 11.0 Å². The van der Waals surface area contributed by atoms with Crippen molar-refractivity contribution in [1.29, 1.82) is 0 Å². The number of carbonyl (C=O) groups is 1. The number of nitro benzene ring substituents is 1. The number of nitro groups is 1. The molecule has 0 spiro atoms. The number of nitrogens with zero attached hydrogens (tertiary/aromatic N) is 1. The van der Waals surface area contributed by atoms with E-state index in [0.29, 0.717) is 5.33 Å². The molecule has 1 aromatic rings. The molecule has 0 aliphatic carbocycles. The largest absolute Gasteiger partial charge is 0.508 e. The molecule has 2 N–H and O–H groups in total. The van der Waals surface area contributed by atoms with Gasteiger partial charge in [-0.1, -0.05) is 15.9 Å². The number of amides is 1. The average Bonchev–Trinajstić information content (AvgIpc) is 2.35. The van der Waals surface area contributed by atoms with Gasteiger partial charge in [-0.3, -0.25) is 10.1 Å². The number of carbonyl (C=O) groups excluding carboxylic acids is 1. The Kier molecular flexibility index (Phi) is 5.37. The number of aromatic hydroxyl groups is 1. The van der Waals surface area contributed by atoms with Crippen LogP contribution in [-0.4, -0.2) is 28.1 Å². The lowest BCUT2D eigenvalue weighted by atomic mass is 10.2. The minimum Gasteiger partial charge on any atom is -0.508 e. The summed E-state index contributed by atoms with van der Waals surface area (Å²) in [7, 11) is 0. The van der Waals surface area contributed by atoms with Crippen molar-refractivity contribution in [3.05, 3.63) is 33.9 Å². The van der Waals surface area contributed by atoms with Gasteiger partial charge >= 0.3 is 6.09 Å². The third kappa shape index (κ3) is 4.21. The summed E-state index contributed by atoms with van der Waals surface area (Å²) >= 11 is 3.09. The number of ether oxygens (including phenoxy) is 1. The molecule has 0 heterocycles. The molecule has 0 aliphatic heterocycles. The number of alkyl carbamates (subject to hydrolysis) is 1. The molecule has 8 heteroatoms. The number of nitrogens with one attached hydrogen (secondary N) is 1. The van der Waals surface area contributed by atoms with Gasteiger partial charge in [0.15, 0.2) is 0 Å². The zero-order chi connectivity index (χ0) is 13.5. The normalized spacial score (nSPS) is 9.83. The van der Waals surface area contributed by atoms with Gasteiger partial charge in [-0.2, -0.15) is 0 Å². The summed E-state index contributed by atoms with van der Waals surface area (Å²) in [4.78, 5) is 21.1. The standard InChI is InChI=1S/C10H11BrN2O5/c11-3-4-18-10(15)12-6-7-5-8(13(16)17)1-2-9(7)14/h1-2,5,14H,3-4,6H2,(H,12,15). The first-order valence-corrected chi connectivity index (χ1v) is 6.09. The molecule has 1 aromatic carbocycles. The molecule has 0 aromatic heterocycles. The predicted octanol–water partition coefficient (Wildman–Crippen LogP) is 1.92. The van der Waals surface area contributed by atoms with Gasteiger partial charge in [0.1, 0.15) is 12.4 Å². The van der Waals surface area contributed by atoms with Gasteiger partial charge in [0.25, 0.3) is 5.69 Å². The molecule has 98 valence electrons. The number of rotatable bonds is 5. The van der Waals surface area contributed by atoms with Crippen LogP contribution in [0.25, 0.3) is 0 Å². The summed E-state index contributed by atoms with van der Waals surface area (Å²) in [5, 5.41) is 22.9. The van der Waals surface area contributed by atoms with Crippen LogP contribution >= 0.6 is 15.9 Å². The smallest absolute Gasteiger partial charge is 0.407 e. The molecule has 0 unspecified atom stereocenters. The number of benzene rings is 1. The molecule has 1 rings (SSSR count). The van der Waals surface area contributed by atoms with Crippen LogP contribution in [0.1, 0.15) is 5.56 Å². The third-order valence-electron chi connectivity index (χ3n) is 2.01. The highest BCUT2D eigenvalue weighted by Gasteiger charge is 2.11. The van der Waals surface area contributed by atoms with E-state index in [1.54, 1.807) is 0 Å². The zero-order valence-electron chi connectivity index (χ0n) is 9.26. The second-order valence-corrected chi connectivity index (χ2v) is 4.04. The van der Waals surface area contributed by atoms with Crippen LogP contribution in [-0.2, 0) is 11.3 Å². The summed E-state index contributed by atoms with van der Waals surface area (Å²) in [6, 6.07) is 3.58. The number of hydrogen-bond donors (Lipinski definition) is 2. The zero-order valence-corrected chi connectivity index (χ0v) is 10.8. The minimum absolute atomic E-state index is 0.0470. The van der Waals surface area contributed by atoms with E-state index in [2.05, 4.69) is 21.2 Å². The highest BCUT2D eigenvalue weighted by Crippen LogP contribution is 2.22. The van der Waals surface area contributed by atoms with Crippen LogP contribution in [0.4, 0.5) is 10.5 Å². The van der Waals surface area contributed by atoms with Gasteiger partial charge in [-0.15, -0.1) is 0 Å². The summed E-state index contributed by atoms with van der Waals surface area (Å²) in [5.41, 5.74) is 0.0958. The highest BCUT2D eigenvalue weighted by atomic mass is 79.9. The quantitative estimate of drug-likeness (QED) is 0.490. The number of hydrogen-bond acceptors (Lipinski definition) is 5. The van der Waals surface area contributed by atoms with E-state index in [-0.39, 0.29) is 30.2 Å². The van der Waals surface area contributed by atoms with Crippen molar-refractivity contribution in [2.45, 2.75) is 6.54 Å². The van der Waals surface area contributed by atoms with E-state index >= 15 is 0 Å². The SMILES string of the molecule is O=C(NCc1cc([N+](=O)[O-])ccc1O)OCCBr. The number of halogens is 1. The first kappa shape index (κ1) is 14.2. The number of phenols is 1. The Bertz CT molecular complexity index is 452. The maximum Gasteiger partial charge on any atom is 0.407 e. The lowest BCUT2D eigenvalue weighted by molar-refractivity contribution is -0.384. The van der Waals surface area contributed by atoms with Gasteiger partial charge in [-0.05, 0) is 6.07 Å². The van der Waals surface area contributed by atoms with Crippen molar-refractivity contribution in [1.82, 2.24) is 5.32 Å². The summed E-state index contributed by atoms with van der Waals surface area (Å²) in [6.45, 7) is 0.168. The summed E-state index contributed by atoms with van der Waals surface area (Å²) < 4.78 is 4.72. The third-order valence-corrected chi connectivity index (χ3v) is 2.33. The lowest BCUT2D eigenvalue weighted by Crippen LogP contribution is -2.24. The predicted molar refractivity (Wildman–Crippen MR) is 66.7 cm³/mol. The number of alkyl halides is 1. The van der Waals surface area contributed by atoms with Crippen LogP contribution in [0.2, 0.25) is 0 Å². The molecule has 0 atom stereocenters. The molecule has 0 saturated carbocycles. The Morgan fingerprint density at radius 2 is 2.28 bits per heavy atom. The van der Waals surface area contributed by atoms with Crippen molar-refractivity contribution in [3.63, 3.8) is 0 Å². The Balaban J connectivity index is 2.63. The Morgan fingerprint density at radius 3 is 2.89 bits per heavy atom. The van der Waals surface area contributed by atoms with Gasteiger partial charge in [-0.25, -0.2) is 4.79 Å². The minimum atomic E-state index is -0.652. The van der Waals surface area contributed by atoms with Crippen LogP contribution in [0.15, 0.2) is 18.2 Å². The van der Waals surface area contributed by atoms with Gasteiger partial charge in [0.05, 0.1) is 11.5 Å². The average molecular weight is 319 g/mol. The molecule has 0 bridgehead atoms. The molecular weight excluding hydrogens is 308 g/mol. The monoisotopic (exact) mass is 318 g/mol. The Hall–Kier alpha value is -1.83. The van der Waals surface area contributed by atoms with Crippen LogP contribution < -0.4 is 5.32 Å². The van der Waals surface area contributed by atoms with Crippen molar-refractivity contribution >= 4 is 27.7 Å². The molecule has 7 nitrogen and oxygen atoms in total. The van der Waals surface area contributed by atoms with Crippen LogP contribution in [0, 0.1) is 10.1 Å². The second-order valence-electron chi connectivity index (χ2n) is 3.25. The molecular formula is C10H11BrN2O5. The molecule has 0 radical (unpaired) electrons. The first-order valence-electron chi connectivity index (χ1n) is 4.97. The summed E-state index contributed by atoms with van der Waals surface area (Å²) in [6.07, 6.45) is -0.652. The van der Waals surface area contributed by atoms with Crippen LogP contribution in [0.3, 0.4) is 0 Å². The summed E-state index contributed by atoms with van der Waals surface area (Å²) in [5.74, 6) is -0.124. The molecule has 0 aliphatic rings. The van der Waals surface area contributed by atoms with E-state index in [1.807, 2.05) is 0 Å². The van der Waals surface area contributed by atoms with Crippen molar-refractivity contribution in [3.8, 4) is 5.75 Å². The molecule has 1 amide bonds. The van der Waals surface area contributed by atoms with Gasteiger partial charge in [0, 0.05) is 23.0 Å². The molecule has 18 heavy (non-hydrogen) atoms. The van der Waals surface area contributed by atoms with Gasteiger partial charge in [0.2, 0.25) is 0 Å². The number of phenolic OH excluding ortho intramolecular Hbond substituents is 1. The van der Waals surface area contributed by atoms with Crippen LogP contribution in [0.5, 0.6) is 5.75 Å². The number of non-ortho nitro benzene ring substituents is 1. The van der Waals surface area contributed by atoms with Crippen molar-refractivity contribution in [2.75, 3.05) is 11.9 Å². The fraction of sp³-hybridized carbons (Fsp3) is 0.300. The van der Waals surface area contributed by atoms with Crippen molar-refractivity contribution < 1.29 is 19.6 Å². The van der Waals surface area contributed by atoms with E-state index in [0.717, 1.165) is 0 Å². The fourth-order valence-electron chi connectivity index (χ4n) is 1.18. The highest BCUT2D eigenvalue weighted by molar-refractivity contribution is 9.09. The van der Waals surface area contributed by atoms with E-state index in [1.165, 1.54) is 18.2 Å². The maximum atomic E-state index is 11.1. The Morgan fingerprint density at radius 1 is 1.56 bits per heavy atom. The first-order chi connectivity index (χ1) is 8.54. The Labute approximate surface area is 111 Å². The lowest BCUT2D eigenvalue weighted by Gasteiger charge is -2.07. The second kappa shape index (κ2) is 6.80. The van der Waals surface area contributed by atoms with E-state index in [9.17, 15) is 20.0 Å². The van der Waals surface area contributed by atoms with E-state index in [4.69, 9.17) is 4.74 Å². The molecule has 0 saturated heterocycles. The fourth-order valence-corrected chi connectivity index (χ4v) is 1.34. The maximum absolute atomic E-state index is 11.1. The topological polar surface area (TPSA) is 102 Å².